The molecule has 2 aliphatic rings. The number of hydrogen-bond acceptors (Lipinski definition) is 5. The van der Waals surface area contributed by atoms with Crippen molar-refractivity contribution >= 4 is 22.9 Å². The molecule has 2 saturated heterocycles. The van der Waals surface area contributed by atoms with E-state index >= 15 is 0 Å². The number of ether oxygens (including phenoxy) is 2. The van der Waals surface area contributed by atoms with Gasteiger partial charge < -0.3 is 9.47 Å². The summed E-state index contributed by atoms with van der Waals surface area (Å²) in [5.41, 5.74) is 0. The molecule has 0 bridgehead atoms. The molecule has 0 aromatic carbocycles. The van der Waals surface area contributed by atoms with E-state index < -0.39 is 0 Å². The number of hydrogen-bond donors (Lipinski definition) is 0. The van der Waals surface area contributed by atoms with Crippen molar-refractivity contribution in [3.8, 4) is 5.75 Å². The number of rotatable bonds is 5. The molecule has 4 rings (SSSR count). The highest BCUT2D eigenvalue weighted by molar-refractivity contribution is 7.09. The fourth-order valence-corrected chi connectivity index (χ4v) is 4.39. The van der Waals surface area contributed by atoms with Gasteiger partial charge in [-0.05, 0) is 11.4 Å². The van der Waals surface area contributed by atoms with Crippen LogP contribution in [-0.2, 0) is 11.3 Å². The van der Waals surface area contributed by atoms with Crippen LogP contribution in [0.2, 0.25) is 5.02 Å². The summed E-state index contributed by atoms with van der Waals surface area (Å²) in [4.78, 5) is 7.97. The molecule has 4 heterocycles. The Morgan fingerprint density at radius 1 is 1.39 bits per heavy atom. The summed E-state index contributed by atoms with van der Waals surface area (Å²) >= 11 is 7.76. The maximum absolute atomic E-state index is 5.99. The standard InChI is InChI=1S/C17H19ClN2O2S/c18-13-4-14(6-19-5-13)21-10-12-11-22-17-9-20(8-16(12)17)7-15-2-1-3-23-15/h1-6,12,16-17H,7-11H2/t12-,16+,17+/m1/s1. The predicted octanol–water partition coefficient (Wildman–Crippen LogP) is 3.32. The molecule has 2 aromatic heterocycles. The molecule has 23 heavy (non-hydrogen) atoms. The van der Waals surface area contributed by atoms with E-state index in [1.165, 1.54) is 4.88 Å². The van der Waals surface area contributed by atoms with Crippen LogP contribution in [0.1, 0.15) is 4.88 Å². The Kier molecular flexibility index (Phi) is 4.53. The Balaban J connectivity index is 1.33. The van der Waals surface area contributed by atoms with Gasteiger partial charge in [0, 0.05) is 48.6 Å². The number of thiophene rings is 1. The highest BCUT2D eigenvalue weighted by atomic mass is 35.5. The van der Waals surface area contributed by atoms with Gasteiger partial charge in [-0.15, -0.1) is 11.3 Å². The largest absolute Gasteiger partial charge is 0.492 e. The van der Waals surface area contributed by atoms with Gasteiger partial charge in [-0.1, -0.05) is 17.7 Å². The fraction of sp³-hybridized carbons (Fsp3) is 0.471. The van der Waals surface area contributed by atoms with E-state index in [0.29, 0.717) is 29.6 Å². The smallest absolute Gasteiger partial charge is 0.139 e. The van der Waals surface area contributed by atoms with E-state index in [2.05, 4.69) is 27.4 Å². The van der Waals surface area contributed by atoms with Crippen molar-refractivity contribution in [3.63, 3.8) is 0 Å². The molecule has 122 valence electrons. The van der Waals surface area contributed by atoms with Crippen LogP contribution >= 0.6 is 22.9 Å². The molecule has 2 fully saturated rings. The molecule has 0 radical (unpaired) electrons. The molecule has 0 N–H and O–H groups in total. The van der Waals surface area contributed by atoms with Gasteiger partial charge in [-0.2, -0.15) is 0 Å². The van der Waals surface area contributed by atoms with E-state index in [-0.39, 0.29) is 0 Å². The van der Waals surface area contributed by atoms with Crippen LogP contribution in [0.4, 0.5) is 0 Å². The van der Waals surface area contributed by atoms with Gasteiger partial charge in [0.25, 0.3) is 0 Å². The zero-order chi connectivity index (χ0) is 15.6. The van der Waals surface area contributed by atoms with Crippen molar-refractivity contribution in [3.05, 3.63) is 45.9 Å². The summed E-state index contributed by atoms with van der Waals surface area (Å²) in [6.45, 7) is 4.59. The van der Waals surface area contributed by atoms with E-state index in [1.807, 2.05) is 11.3 Å². The second-order valence-electron chi connectivity index (χ2n) is 6.22. The molecule has 6 heteroatoms. The van der Waals surface area contributed by atoms with Crippen molar-refractivity contribution in [2.24, 2.45) is 11.8 Å². The minimum atomic E-state index is 0.348. The summed E-state index contributed by atoms with van der Waals surface area (Å²) in [5.74, 6) is 1.73. The Bertz CT molecular complexity index is 652. The highest BCUT2D eigenvalue weighted by Gasteiger charge is 2.43. The van der Waals surface area contributed by atoms with Crippen LogP contribution in [0.25, 0.3) is 0 Å². The highest BCUT2D eigenvalue weighted by Crippen LogP contribution is 2.35. The zero-order valence-corrected chi connectivity index (χ0v) is 14.3. The molecular formula is C17H19ClN2O2S. The molecule has 0 amide bonds. The SMILES string of the molecule is Clc1cncc(OC[C@@H]2CO[C@H]3CN(Cc4cccs4)C[C@@H]23)c1. The van der Waals surface area contributed by atoms with E-state index in [4.69, 9.17) is 21.1 Å². The lowest BCUT2D eigenvalue weighted by Gasteiger charge is -2.19. The van der Waals surface area contributed by atoms with Crippen LogP contribution in [0.15, 0.2) is 36.0 Å². The second kappa shape index (κ2) is 6.77. The van der Waals surface area contributed by atoms with Crippen molar-refractivity contribution < 1.29 is 9.47 Å². The number of pyridine rings is 1. The Hall–Kier alpha value is -1.14. The molecule has 0 spiro atoms. The third-order valence-corrected chi connectivity index (χ3v) is 5.69. The Morgan fingerprint density at radius 3 is 3.17 bits per heavy atom. The predicted molar refractivity (Wildman–Crippen MR) is 91.1 cm³/mol. The number of halogens is 1. The van der Waals surface area contributed by atoms with Gasteiger partial charge >= 0.3 is 0 Å². The molecule has 4 nitrogen and oxygen atoms in total. The van der Waals surface area contributed by atoms with Gasteiger partial charge in [0.05, 0.1) is 30.5 Å². The first kappa shape index (κ1) is 15.4. The van der Waals surface area contributed by atoms with Crippen LogP contribution in [0, 0.1) is 11.8 Å². The number of likely N-dealkylation sites (tertiary alicyclic amines) is 1. The molecule has 0 unspecified atom stereocenters. The first-order chi connectivity index (χ1) is 11.3. The summed E-state index contributed by atoms with van der Waals surface area (Å²) in [5, 5.41) is 2.74. The fourth-order valence-electron chi connectivity index (χ4n) is 3.48. The summed E-state index contributed by atoms with van der Waals surface area (Å²) < 4.78 is 11.9. The van der Waals surface area contributed by atoms with Crippen LogP contribution in [-0.4, -0.2) is 42.3 Å². The minimum Gasteiger partial charge on any atom is -0.492 e. The van der Waals surface area contributed by atoms with Crippen molar-refractivity contribution in [1.29, 1.82) is 0 Å². The Labute approximate surface area is 145 Å². The molecule has 3 atom stereocenters. The van der Waals surface area contributed by atoms with E-state index in [1.54, 1.807) is 18.5 Å². The Morgan fingerprint density at radius 2 is 2.35 bits per heavy atom. The molecular weight excluding hydrogens is 332 g/mol. The lowest BCUT2D eigenvalue weighted by atomic mass is 9.94. The second-order valence-corrected chi connectivity index (χ2v) is 7.69. The van der Waals surface area contributed by atoms with Crippen LogP contribution in [0.3, 0.4) is 0 Å². The van der Waals surface area contributed by atoms with Crippen molar-refractivity contribution in [1.82, 2.24) is 9.88 Å². The van der Waals surface area contributed by atoms with Gasteiger partial charge in [0.2, 0.25) is 0 Å². The maximum atomic E-state index is 5.99. The average Bonchev–Trinajstić information content (AvgIpc) is 3.24. The van der Waals surface area contributed by atoms with Crippen LogP contribution < -0.4 is 4.74 Å². The van der Waals surface area contributed by atoms with Crippen molar-refractivity contribution in [2.75, 3.05) is 26.3 Å². The van der Waals surface area contributed by atoms with Gasteiger partial charge in [-0.3, -0.25) is 9.88 Å². The van der Waals surface area contributed by atoms with E-state index in [0.717, 1.165) is 32.0 Å². The summed E-state index contributed by atoms with van der Waals surface area (Å²) in [6.07, 6.45) is 3.67. The summed E-state index contributed by atoms with van der Waals surface area (Å²) in [6, 6.07) is 6.12. The quantitative estimate of drug-likeness (QED) is 0.828. The number of nitrogens with zero attached hydrogens (tertiary/aromatic N) is 2. The van der Waals surface area contributed by atoms with Crippen molar-refractivity contribution in [2.45, 2.75) is 12.6 Å². The lowest BCUT2D eigenvalue weighted by molar-refractivity contribution is 0.0899. The average molecular weight is 351 g/mol. The normalized spacial score (nSPS) is 27.3. The summed E-state index contributed by atoms with van der Waals surface area (Å²) in [7, 11) is 0. The number of aromatic nitrogens is 1. The van der Waals surface area contributed by atoms with Crippen LogP contribution in [0.5, 0.6) is 5.75 Å². The third kappa shape index (κ3) is 3.53. The zero-order valence-electron chi connectivity index (χ0n) is 12.7. The minimum absolute atomic E-state index is 0.348. The van der Waals surface area contributed by atoms with E-state index in [9.17, 15) is 0 Å². The maximum Gasteiger partial charge on any atom is 0.139 e. The topological polar surface area (TPSA) is 34.6 Å². The monoisotopic (exact) mass is 350 g/mol. The van der Waals surface area contributed by atoms with Gasteiger partial charge in [0.15, 0.2) is 0 Å². The molecule has 2 aromatic rings. The van der Waals surface area contributed by atoms with Gasteiger partial charge in [0.1, 0.15) is 5.75 Å². The molecule has 0 saturated carbocycles. The third-order valence-electron chi connectivity index (χ3n) is 4.62. The number of fused-ring (bicyclic) bond motifs is 1. The first-order valence-electron chi connectivity index (χ1n) is 7.87. The van der Waals surface area contributed by atoms with Gasteiger partial charge in [-0.25, -0.2) is 0 Å². The molecule has 0 aliphatic carbocycles. The molecule has 2 aliphatic heterocycles. The first-order valence-corrected chi connectivity index (χ1v) is 9.13. The lowest BCUT2D eigenvalue weighted by Crippen LogP contribution is -2.26.